The average molecular weight is 180 g/mol. The van der Waals surface area contributed by atoms with Crippen LogP contribution in [0.2, 0.25) is 0 Å². The number of nitrogens with zero attached hydrogens (tertiary/aromatic N) is 1. The lowest BCUT2D eigenvalue weighted by atomic mass is 10.2. The Labute approximate surface area is 77.5 Å². The van der Waals surface area contributed by atoms with E-state index < -0.39 is 0 Å². The molecule has 0 aliphatic carbocycles. The second-order valence-corrected chi connectivity index (χ2v) is 2.82. The number of pyridine rings is 1. The highest BCUT2D eigenvalue weighted by Gasteiger charge is 1.96. The van der Waals surface area contributed by atoms with Gasteiger partial charge in [-0.2, -0.15) is 0 Å². The molecule has 0 fully saturated rings. The predicted molar refractivity (Wildman–Crippen MR) is 51.9 cm³/mol. The van der Waals surface area contributed by atoms with Gasteiger partial charge in [0.25, 0.3) is 0 Å². The lowest BCUT2D eigenvalue weighted by molar-refractivity contribution is 0.619. The van der Waals surface area contributed by atoms with Crippen molar-refractivity contribution in [2.75, 3.05) is 13.6 Å². The van der Waals surface area contributed by atoms with Gasteiger partial charge in [-0.15, -0.1) is 0 Å². The minimum Gasteiger partial charge on any atom is -0.316 e. The summed E-state index contributed by atoms with van der Waals surface area (Å²) >= 11 is 0. The molecule has 2 nitrogen and oxygen atoms in total. The summed E-state index contributed by atoms with van der Waals surface area (Å²) in [6.45, 7) is 2.63. The summed E-state index contributed by atoms with van der Waals surface area (Å²) in [5, 5.41) is 2.98. The Balaban J connectivity index is 2.77. The molecule has 1 rings (SSSR count). The Hall–Kier alpha value is -1.22. The minimum absolute atomic E-state index is 0.289. The molecule has 0 saturated carbocycles. The van der Waals surface area contributed by atoms with E-state index >= 15 is 0 Å². The number of rotatable bonds is 3. The first-order valence-corrected chi connectivity index (χ1v) is 4.17. The smallest absolute Gasteiger partial charge is 0.141 e. The zero-order valence-electron chi connectivity index (χ0n) is 7.84. The van der Waals surface area contributed by atoms with Crippen LogP contribution in [0, 0.1) is 12.7 Å². The molecule has 0 aromatic carbocycles. The van der Waals surface area contributed by atoms with Crippen LogP contribution in [0.25, 0.3) is 6.08 Å². The molecule has 1 heterocycles. The van der Waals surface area contributed by atoms with Crippen molar-refractivity contribution < 1.29 is 4.39 Å². The monoisotopic (exact) mass is 180 g/mol. The van der Waals surface area contributed by atoms with Gasteiger partial charge in [-0.25, -0.2) is 4.39 Å². The molecule has 1 N–H and O–H groups in total. The van der Waals surface area contributed by atoms with Crippen molar-refractivity contribution >= 4 is 6.08 Å². The second-order valence-electron chi connectivity index (χ2n) is 2.82. The van der Waals surface area contributed by atoms with Crippen molar-refractivity contribution in [2.24, 2.45) is 0 Å². The number of aryl methyl sites for hydroxylation is 1. The molecule has 0 atom stereocenters. The van der Waals surface area contributed by atoms with Gasteiger partial charge in [0.2, 0.25) is 0 Å². The molecule has 3 heteroatoms. The van der Waals surface area contributed by atoms with Crippen molar-refractivity contribution in [3.8, 4) is 0 Å². The van der Waals surface area contributed by atoms with E-state index in [0.717, 1.165) is 17.8 Å². The van der Waals surface area contributed by atoms with E-state index in [-0.39, 0.29) is 5.82 Å². The van der Waals surface area contributed by atoms with E-state index in [2.05, 4.69) is 10.3 Å². The number of hydrogen-bond donors (Lipinski definition) is 1. The van der Waals surface area contributed by atoms with Gasteiger partial charge in [0, 0.05) is 6.54 Å². The summed E-state index contributed by atoms with van der Waals surface area (Å²) in [7, 11) is 1.87. The first kappa shape index (κ1) is 9.86. The SMILES string of the molecule is CNCC=Cc1ncc(F)cc1C. The highest BCUT2D eigenvalue weighted by molar-refractivity contribution is 5.48. The summed E-state index contributed by atoms with van der Waals surface area (Å²) in [5.41, 5.74) is 1.67. The van der Waals surface area contributed by atoms with Gasteiger partial charge in [0.05, 0.1) is 11.9 Å². The molecule has 0 spiro atoms. The molecule has 0 unspecified atom stereocenters. The van der Waals surface area contributed by atoms with Gasteiger partial charge in [-0.3, -0.25) is 4.98 Å². The van der Waals surface area contributed by atoms with E-state index in [1.807, 2.05) is 26.1 Å². The summed E-state index contributed by atoms with van der Waals surface area (Å²) in [6.07, 6.45) is 5.06. The normalized spacial score (nSPS) is 11.0. The number of nitrogens with one attached hydrogen (secondary N) is 1. The maximum atomic E-state index is 12.6. The summed E-state index contributed by atoms with van der Waals surface area (Å²) in [5.74, 6) is -0.289. The fraction of sp³-hybridized carbons (Fsp3) is 0.300. The molecular formula is C10H13FN2. The fourth-order valence-corrected chi connectivity index (χ4v) is 1.01. The zero-order valence-corrected chi connectivity index (χ0v) is 7.84. The Bertz CT molecular complexity index is 308. The summed E-state index contributed by atoms with van der Waals surface area (Å²) in [6, 6.07) is 1.48. The molecule has 13 heavy (non-hydrogen) atoms. The van der Waals surface area contributed by atoms with Crippen LogP contribution < -0.4 is 5.32 Å². The van der Waals surface area contributed by atoms with Gasteiger partial charge in [0.1, 0.15) is 5.82 Å². The average Bonchev–Trinajstić information content (AvgIpc) is 2.09. The molecular weight excluding hydrogens is 167 g/mol. The van der Waals surface area contributed by atoms with Crippen LogP contribution in [-0.4, -0.2) is 18.6 Å². The molecule has 1 aromatic heterocycles. The molecule has 0 amide bonds. The molecule has 0 radical (unpaired) electrons. The van der Waals surface area contributed by atoms with Gasteiger partial charge in [-0.1, -0.05) is 6.08 Å². The first-order valence-electron chi connectivity index (χ1n) is 4.17. The third kappa shape index (κ3) is 2.95. The minimum atomic E-state index is -0.289. The predicted octanol–water partition coefficient (Wildman–Crippen LogP) is 1.76. The molecule has 0 bridgehead atoms. The van der Waals surface area contributed by atoms with Crippen molar-refractivity contribution in [1.82, 2.24) is 10.3 Å². The highest BCUT2D eigenvalue weighted by atomic mass is 19.1. The third-order valence-electron chi connectivity index (χ3n) is 1.68. The Morgan fingerprint density at radius 1 is 1.62 bits per heavy atom. The molecule has 70 valence electrons. The van der Waals surface area contributed by atoms with Crippen molar-refractivity contribution in [3.05, 3.63) is 35.4 Å². The third-order valence-corrected chi connectivity index (χ3v) is 1.68. The standard InChI is InChI=1S/C10H13FN2/c1-8-6-9(11)7-13-10(8)4-3-5-12-2/h3-4,6-7,12H,5H2,1-2H3. The number of aromatic nitrogens is 1. The van der Waals surface area contributed by atoms with Crippen LogP contribution in [0.5, 0.6) is 0 Å². The van der Waals surface area contributed by atoms with Crippen LogP contribution in [0.15, 0.2) is 18.3 Å². The van der Waals surface area contributed by atoms with Crippen molar-refractivity contribution in [2.45, 2.75) is 6.92 Å². The Kier molecular flexibility index (Phi) is 3.58. The van der Waals surface area contributed by atoms with Crippen molar-refractivity contribution in [1.29, 1.82) is 0 Å². The zero-order chi connectivity index (χ0) is 9.68. The van der Waals surface area contributed by atoms with Crippen LogP contribution in [0.3, 0.4) is 0 Å². The van der Waals surface area contributed by atoms with E-state index in [1.165, 1.54) is 12.3 Å². The van der Waals surface area contributed by atoms with Gasteiger partial charge in [-0.05, 0) is 31.7 Å². The molecule has 0 aliphatic rings. The van der Waals surface area contributed by atoms with Gasteiger partial charge in [0.15, 0.2) is 0 Å². The maximum Gasteiger partial charge on any atom is 0.141 e. The van der Waals surface area contributed by atoms with Crippen LogP contribution >= 0.6 is 0 Å². The first-order chi connectivity index (χ1) is 6.24. The Morgan fingerprint density at radius 2 is 2.38 bits per heavy atom. The van der Waals surface area contributed by atoms with Crippen LogP contribution in [0.1, 0.15) is 11.3 Å². The van der Waals surface area contributed by atoms with Crippen LogP contribution in [0.4, 0.5) is 4.39 Å². The second kappa shape index (κ2) is 4.72. The largest absolute Gasteiger partial charge is 0.316 e. The van der Waals surface area contributed by atoms with E-state index in [0.29, 0.717) is 0 Å². The lowest BCUT2D eigenvalue weighted by Crippen LogP contribution is -2.03. The van der Waals surface area contributed by atoms with Crippen molar-refractivity contribution in [3.63, 3.8) is 0 Å². The molecule has 1 aromatic rings. The number of halogens is 1. The quantitative estimate of drug-likeness (QED) is 0.766. The van der Waals surface area contributed by atoms with E-state index in [1.54, 1.807) is 0 Å². The van der Waals surface area contributed by atoms with Gasteiger partial charge < -0.3 is 5.32 Å². The summed E-state index contributed by atoms with van der Waals surface area (Å²) in [4.78, 5) is 3.96. The van der Waals surface area contributed by atoms with E-state index in [9.17, 15) is 4.39 Å². The molecule has 0 saturated heterocycles. The number of hydrogen-bond acceptors (Lipinski definition) is 2. The highest BCUT2D eigenvalue weighted by Crippen LogP contribution is 2.07. The lowest BCUT2D eigenvalue weighted by Gasteiger charge is -1.98. The maximum absolute atomic E-state index is 12.6. The van der Waals surface area contributed by atoms with Gasteiger partial charge >= 0.3 is 0 Å². The summed E-state index contributed by atoms with van der Waals surface area (Å²) < 4.78 is 12.6. The Morgan fingerprint density at radius 3 is 3.00 bits per heavy atom. The number of likely N-dealkylation sites (N-methyl/N-ethyl adjacent to an activating group) is 1. The van der Waals surface area contributed by atoms with E-state index in [4.69, 9.17) is 0 Å². The fourth-order valence-electron chi connectivity index (χ4n) is 1.01. The van der Waals surface area contributed by atoms with Crippen LogP contribution in [-0.2, 0) is 0 Å². The topological polar surface area (TPSA) is 24.9 Å². The molecule has 0 aliphatic heterocycles.